The molecule has 1 aliphatic rings. The van der Waals surface area contributed by atoms with E-state index in [9.17, 15) is 4.39 Å². The molecule has 1 aliphatic heterocycles. The number of halogens is 2. The monoisotopic (exact) mass is 300 g/mol. The first-order valence-electron chi connectivity index (χ1n) is 6.24. The van der Waals surface area contributed by atoms with E-state index in [1.54, 1.807) is 18.3 Å². The molecule has 2 heterocycles. The Morgan fingerprint density at radius 3 is 2.95 bits per heavy atom. The average molecular weight is 301 g/mol. The normalized spacial score (nSPS) is 13.5. The van der Waals surface area contributed by atoms with E-state index in [1.165, 1.54) is 12.1 Å². The molecular weight excluding hydrogens is 291 g/mol. The number of nitrogens with zero attached hydrogens (tertiary/aromatic N) is 3. The molecule has 4 nitrogen and oxygen atoms in total. The van der Waals surface area contributed by atoms with Gasteiger partial charge in [0.05, 0.1) is 28.0 Å². The molecule has 0 amide bonds. The van der Waals surface area contributed by atoms with Crippen molar-refractivity contribution in [1.29, 1.82) is 5.26 Å². The minimum Gasteiger partial charge on any atom is -0.284 e. The number of hydrogen-bond donors (Lipinski definition) is 1. The maximum absolute atomic E-state index is 14.2. The van der Waals surface area contributed by atoms with Crippen LogP contribution in [0.4, 0.5) is 10.1 Å². The SMILES string of the molecule is N#Cc1cc(Cl)c(F)c(-c2cc(N3C=CCN3)ccn2)c1. The van der Waals surface area contributed by atoms with Crippen LogP contribution in [-0.2, 0) is 0 Å². The summed E-state index contributed by atoms with van der Waals surface area (Å²) in [6.07, 6.45) is 5.44. The van der Waals surface area contributed by atoms with Crippen LogP contribution >= 0.6 is 11.6 Å². The molecule has 6 heteroatoms. The lowest BCUT2D eigenvalue weighted by molar-refractivity contribution is 0.631. The van der Waals surface area contributed by atoms with E-state index >= 15 is 0 Å². The molecule has 104 valence electrons. The largest absolute Gasteiger partial charge is 0.284 e. The van der Waals surface area contributed by atoms with Crippen LogP contribution in [0.5, 0.6) is 0 Å². The van der Waals surface area contributed by atoms with Crippen LogP contribution in [0.2, 0.25) is 5.02 Å². The Morgan fingerprint density at radius 1 is 1.38 bits per heavy atom. The number of nitrogens with one attached hydrogen (secondary N) is 1. The van der Waals surface area contributed by atoms with Gasteiger partial charge >= 0.3 is 0 Å². The maximum Gasteiger partial charge on any atom is 0.151 e. The molecule has 1 aromatic carbocycles. The lowest BCUT2D eigenvalue weighted by Gasteiger charge is -2.16. The van der Waals surface area contributed by atoms with Gasteiger partial charge in [-0.15, -0.1) is 0 Å². The Hall–Kier alpha value is -2.42. The summed E-state index contributed by atoms with van der Waals surface area (Å²) < 4.78 is 14.2. The second-order valence-corrected chi connectivity index (χ2v) is 4.85. The van der Waals surface area contributed by atoms with Crippen LogP contribution in [0, 0.1) is 17.1 Å². The summed E-state index contributed by atoms with van der Waals surface area (Å²) in [6.45, 7) is 0.738. The summed E-state index contributed by atoms with van der Waals surface area (Å²) in [7, 11) is 0. The third kappa shape index (κ3) is 2.59. The summed E-state index contributed by atoms with van der Waals surface area (Å²) in [4.78, 5) is 4.17. The second kappa shape index (κ2) is 5.52. The number of rotatable bonds is 2. The van der Waals surface area contributed by atoms with Gasteiger partial charge in [0.1, 0.15) is 0 Å². The van der Waals surface area contributed by atoms with Gasteiger partial charge in [0.15, 0.2) is 5.82 Å². The van der Waals surface area contributed by atoms with Gasteiger partial charge < -0.3 is 0 Å². The van der Waals surface area contributed by atoms with Crippen molar-refractivity contribution in [2.75, 3.05) is 11.6 Å². The summed E-state index contributed by atoms with van der Waals surface area (Å²) >= 11 is 5.83. The molecule has 1 aromatic heterocycles. The minimum absolute atomic E-state index is 0.0875. The molecule has 0 saturated heterocycles. The van der Waals surface area contributed by atoms with Crippen molar-refractivity contribution in [3.05, 3.63) is 59.1 Å². The van der Waals surface area contributed by atoms with Crippen molar-refractivity contribution in [2.24, 2.45) is 0 Å². The van der Waals surface area contributed by atoms with E-state index in [0.29, 0.717) is 11.3 Å². The second-order valence-electron chi connectivity index (χ2n) is 4.45. The lowest BCUT2D eigenvalue weighted by Crippen LogP contribution is -2.28. The molecule has 0 saturated carbocycles. The highest BCUT2D eigenvalue weighted by molar-refractivity contribution is 6.31. The Labute approximate surface area is 126 Å². The van der Waals surface area contributed by atoms with Crippen LogP contribution in [0.25, 0.3) is 11.3 Å². The quantitative estimate of drug-likeness (QED) is 0.925. The van der Waals surface area contributed by atoms with E-state index in [4.69, 9.17) is 16.9 Å². The summed E-state index contributed by atoms with van der Waals surface area (Å²) in [5, 5.41) is 10.7. The fourth-order valence-electron chi connectivity index (χ4n) is 2.10. The van der Waals surface area contributed by atoms with E-state index in [0.717, 1.165) is 12.2 Å². The molecule has 3 rings (SSSR count). The standard InChI is InChI=1S/C15H10ClFN4/c16-13-7-10(9-18)6-12(15(13)17)14-8-11(2-4-19-14)21-5-1-3-20-21/h1-2,4-8,20H,3H2. The van der Waals surface area contributed by atoms with Gasteiger partial charge in [-0.05, 0) is 24.3 Å². The first-order valence-corrected chi connectivity index (χ1v) is 6.62. The van der Waals surface area contributed by atoms with Crippen molar-refractivity contribution >= 4 is 17.3 Å². The zero-order chi connectivity index (χ0) is 14.8. The van der Waals surface area contributed by atoms with Gasteiger partial charge in [0.25, 0.3) is 0 Å². The molecule has 1 N–H and O–H groups in total. The highest BCUT2D eigenvalue weighted by Crippen LogP contribution is 2.30. The van der Waals surface area contributed by atoms with Gasteiger partial charge in [-0.3, -0.25) is 9.99 Å². The molecule has 0 spiro atoms. The summed E-state index contributed by atoms with van der Waals surface area (Å²) in [5.41, 5.74) is 4.88. The predicted octanol–water partition coefficient (Wildman–Crippen LogP) is 3.25. The van der Waals surface area contributed by atoms with Gasteiger partial charge in [0, 0.05) is 24.5 Å². The van der Waals surface area contributed by atoms with E-state index in [-0.39, 0.29) is 10.6 Å². The Bertz CT molecular complexity index is 767. The van der Waals surface area contributed by atoms with Crippen molar-refractivity contribution in [3.63, 3.8) is 0 Å². The molecule has 0 bridgehead atoms. The molecule has 0 fully saturated rings. The molecular formula is C15H10ClFN4. The first kappa shape index (κ1) is 13.6. The zero-order valence-corrected chi connectivity index (χ0v) is 11.6. The van der Waals surface area contributed by atoms with E-state index in [1.807, 2.05) is 23.4 Å². The molecule has 0 unspecified atom stereocenters. The number of hydrogen-bond acceptors (Lipinski definition) is 4. The molecule has 0 atom stereocenters. The fourth-order valence-corrected chi connectivity index (χ4v) is 2.32. The number of anilines is 1. The average Bonchev–Trinajstić information content (AvgIpc) is 3.04. The summed E-state index contributed by atoms with van der Waals surface area (Å²) in [6, 6.07) is 8.25. The lowest BCUT2D eigenvalue weighted by atomic mass is 10.1. The van der Waals surface area contributed by atoms with Gasteiger partial charge in [0.2, 0.25) is 0 Å². The van der Waals surface area contributed by atoms with Crippen LogP contribution in [0.1, 0.15) is 5.56 Å². The third-order valence-electron chi connectivity index (χ3n) is 3.09. The van der Waals surface area contributed by atoms with Crippen molar-refractivity contribution in [3.8, 4) is 17.3 Å². The fraction of sp³-hybridized carbons (Fsp3) is 0.0667. The molecule has 2 aromatic rings. The number of hydrazine groups is 1. The Morgan fingerprint density at radius 2 is 2.24 bits per heavy atom. The Kier molecular flexibility index (Phi) is 3.57. The summed E-state index contributed by atoms with van der Waals surface area (Å²) in [5.74, 6) is -0.578. The highest BCUT2D eigenvalue weighted by atomic mass is 35.5. The third-order valence-corrected chi connectivity index (χ3v) is 3.36. The molecule has 0 aliphatic carbocycles. The molecule has 21 heavy (non-hydrogen) atoms. The Balaban J connectivity index is 2.09. The van der Waals surface area contributed by atoms with E-state index < -0.39 is 5.82 Å². The topological polar surface area (TPSA) is 52.0 Å². The minimum atomic E-state index is -0.578. The van der Waals surface area contributed by atoms with Gasteiger partial charge in [-0.2, -0.15) is 5.26 Å². The van der Waals surface area contributed by atoms with Crippen LogP contribution in [-0.4, -0.2) is 11.5 Å². The van der Waals surface area contributed by atoms with Gasteiger partial charge in [-0.25, -0.2) is 9.82 Å². The number of pyridine rings is 1. The van der Waals surface area contributed by atoms with Gasteiger partial charge in [-0.1, -0.05) is 17.7 Å². The maximum atomic E-state index is 14.2. The smallest absolute Gasteiger partial charge is 0.151 e. The number of aromatic nitrogens is 1. The van der Waals surface area contributed by atoms with Crippen LogP contribution in [0.15, 0.2) is 42.7 Å². The van der Waals surface area contributed by atoms with E-state index in [2.05, 4.69) is 10.4 Å². The van der Waals surface area contributed by atoms with Crippen molar-refractivity contribution in [2.45, 2.75) is 0 Å². The van der Waals surface area contributed by atoms with Crippen LogP contribution in [0.3, 0.4) is 0 Å². The zero-order valence-electron chi connectivity index (χ0n) is 10.8. The predicted molar refractivity (Wildman–Crippen MR) is 79.0 cm³/mol. The first-order chi connectivity index (χ1) is 10.2. The van der Waals surface area contributed by atoms with Crippen LogP contribution < -0.4 is 10.4 Å². The number of nitriles is 1. The number of benzene rings is 1. The molecule has 0 radical (unpaired) electrons. The van der Waals surface area contributed by atoms with Crippen molar-refractivity contribution < 1.29 is 4.39 Å². The highest BCUT2D eigenvalue weighted by Gasteiger charge is 2.14. The van der Waals surface area contributed by atoms with Crippen molar-refractivity contribution in [1.82, 2.24) is 10.4 Å².